The van der Waals surface area contributed by atoms with Crippen LogP contribution in [0.5, 0.6) is 5.75 Å². The number of aromatic hydroxyl groups is 1. The number of pyridine rings is 2. The minimum Gasteiger partial charge on any atom is -0.506 e. The molecule has 2 N–H and O–H groups in total. The summed E-state index contributed by atoms with van der Waals surface area (Å²) in [6, 6.07) is 13.9. The lowest BCUT2D eigenvalue weighted by atomic mass is 10.1. The van der Waals surface area contributed by atoms with Crippen LogP contribution in [-0.4, -0.2) is 20.6 Å². The number of amides is 1. The minimum atomic E-state index is -0.757. The molecule has 0 atom stereocenters. The minimum absolute atomic E-state index is 0.162. The highest BCUT2D eigenvalue weighted by Crippen LogP contribution is 2.27. The van der Waals surface area contributed by atoms with Gasteiger partial charge < -0.3 is 10.4 Å². The van der Waals surface area contributed by atoms with Crippen molar-refractivity contribution < 1.29 is 14.3 Å². The van der Waals surface area contributed by atoms with Gasteiger partial charge in [-0.3, -0.25) is 14.2 Å². The summed E-state index contributed by atoms with van der Waals surface area (Å²) in [6.45, 7) is 3.78. The van der Waals surface area contributed by atoms with Crippen molar-refractivity contribution in [3.05, 3.63) is 93.7 Å². The number of benzene rings is 2. The van der Waals surface area contributed by atoms with Crippen molar-refractivity contribution in [2.45, 2.75) is 13.8 Å². The number of nitrogens with one attached hydrogen (secondary N) is 1. The van der Waals surface area contributed by atoms with Gasteiger partial charge in [0.05, 0.1) is 11.1 Å². The third-order valence-electron chi connectivity index (χ3n) is 4.70. The first-order chi connectivity index (χ1) is 14.3. The standard InChI is InChI=1S/C23H18FN3O3/c1-13-10-14(2)12-16(11-13)26-22(29)19-20(28)18-4-3-9-25-21(18)27(23(19)30)17-7-5-15(24)6-8-17/h3-12,28H,1-2H3,(H,26,29). The molecule has 0 unspecified atom stereocenters. The van der Waals surface area contributed by atoms with Crippen molar-refractivity contribution in [1.29, 1.82) is 0 Å². The third kappa shape index (κ3) is 3.41. The maximum absolute atomic E-state index is 13.4. The molecule has 0 saturated carbocycles. The molecule has 0 fully saturated rings. The first kappa shape index (κ1) is 19.3. The fourth-order valence-electron chi connectivity index (χ4n) is 3.48. The van der Waals surface area contributed by atoms with E-state index in [0.29, 0.717) is 11.4 Å². The fraction of sp³-hybridized carbons (Fsp3) is 0.0870. The van der Waals surface area contributed by atoms with Crippen molar-refractivity contribution in [2.24, 2.45) is 0 Å². The van der Waals surface area contributed by atoms with E-state index >= 15 is 0 Å². The van der Waals surface area contributed by atoms with Gasteiger partial charge in [0.25, 0.3) is 11.5 Å². The molecular weight excluding hydrogens is 385 g/mol. The molecule has 0 radical (unpaired) electrons. The second-order valence-corrected chi connectivity index (χ2v) is 7.05. The maximum atomic E-state index is 13.4. The Morgan fingerprint density at radius 2 is 1.73 bits per heavy atom. The van der Waals surface area contributed by atoms with Gasteiger partial charge in [-0.1, -0.05) is 6.07 Å². The zero-order valence-corrected chi connectivity index (χ0v) is 16.3. The summed E-state index contributed by atoms with van der Waals surface area (Å²) in [7, 11) is 0. The van der Waals surface area contributed by atoms with E-state index in [-0.39, 0.29) is 11.0 Å². The van der Waals surface area contributed by atoms with E-state index in [9.17, 15) is 19.1 Å². The Kier molecular flexibility index (Phi) is 4.79. The molecule has 0 aliphatic carbocycles. The molecule has 4 rings (SSSR count). The van der Waals surface area contributed by atoms with Crippen LogP contribution in [0.15, 0.2) is 65.6 Å². The molecule has 0 saturated heterocycles. The van der Waals surface area contributed by atoms with Crippen LogP contribution in [0.1, 0.15) is 21.5 Å². The van der Waals surface area contributed by atoms with E-state index in [2.05, 4.69) is 10.3 Å². The number of carbonyl (C=O) groups is 1. The summed E-state index contributed by atoms with van der Waals surface area (Å²) in [6.07, 6.45) is 1.47. The van der Waals surface area contributed by atoms with Crippen molar-refractivity contribution in [1.82, 2.24) is 9.55 Å². The van der Waals surface area contributed by atoms with Gasteiger partial charge in [0.2, 0.25) is 0 Å². The van der Waals surface area contributed by atoms with Gasteiger partial charge in [-0.2, -0.15) is 0 Å². The average Bonchev–Trinajstić information content (AvgIpc) is 2.69. The number of aryl methyl sites for hydroxylation is 2. The zero-order chi connectivity index (χ0) is 21.4. The van der Waals surface area contributed by atoms with Gasteiger partial charge in [-0.15, -0.1) is 0 Å². The Balaban J connectivity index is 1.93. The first-order valence-electron chi connectivity index (χ1n) is 9.23. The number of hydrogen-bond acceptors (Lipinski definition) is 4. The Hall–Kier alpha value is -4.00. The number of carbonyl (C=O) groups excluding carboxylic acids is 1. The summed E-state index contributed by atoms with van der Waals surface area (Å²) in [5.41, 5.74) is 1.71. The van der Waals surface area contributed by atoms with Crippen LogP contribution in [0.25, 0.3) is 16.7 Å². The molecule has 0 aliphatic heterocycles. The van der Waals surface area contributed by atoms with Crippen LogP contribution in [0.3, 0.4) is 0 Å². The van der Waals surface area contributed by atoms with Gasteiger partial charge in [0.15, 0.2) is 5.65 Å². The molecule has 0 bridgehead atoms. The molecule has 150 valence electrons. The smallest absolute Gasteiger partial charge is 0.273 e. The predicted molar refractivity (Wildman–Crippen MR) is 113 cm³/mol. The quantitative estimate of drug-likeness (QED) is 0.539. The van der Waals surface area contributed by atoms with Crippen molar-refractivity contribution >= 4 is 22.6 Å². The summed E-state index contributed by atoms with van der Waals surface area (Å²) >= 11 is 0. The second kappa shape index (κ2) is 7.44. The van der Waals surface area contributed by atoms with E-state index in [1.165, 1.54) is 35.0 Å². The Morgan fingerprint density at radius 3 is 2.40 bits per heavy atom. The molecule has 0 aliphatic rings. The number of nitrogens with zero attached hydrogens (tertiary/aromatic N) is 2. The summed E-state index contributed by atoms with van der Waals surface area (Å²) in [4.78, 5) is 30.4. The number of anilines is 1. The van der Waals surface area contributed by atoms with Crippen molar-refractivity contribution in [2.75, 3.05) is 5.32 Å². The molecule has 2 aromatic carbocycles. The summed E-state index contributed by atoms with van der Waals surface area (Å²) in [5, 5.41) is 13.6. The predicted octanol–water partition coefficient (Wildman–Crippen LogP) is 4.10. The molecule has 0 spiro atoms. The van der Waals surface area contributed by atoms with Gasteiger partial charge in [-0.05, 0) is 73.5 Å². The lowest BCUT2D eigenvalue weighted by molar-refractivity contribution is 0.102. The fourth-order valence-corrected chi connectivity index (χ4v) is 3.48. The zero-order valence-electron chi connectivity index (χ0n) is 16.3. The largest absolute Gasteiger partial charge is 0.506 e. The maximum Gasteiger partial charge on any atom is 0.273 e. The average molecular weight is 403 g/mol. The van der Waals surface area contributed by atoms with E-state index in [0.717, 1.165) is 11.1 Å². The number of rotatable bonds is 3. The van der Waals surface area contributed by atoms with E-state index in [1.807, 2.05) is 19.9 Å². The molecule has 2 aromatic heterocycles. The molecule has 6 nitrogen and oxygen atoms in total. The van der Waals surface area contributed by atoms with Crippen LogP contribution in [0, 0.1) is 19.7 Å². The van der Waals surface area contributed by atoms with Crippen molar-refractivity contribution in [3.8, 4) is 11.4 Å². The number of fused-ring (bicyclic) bond motifs is 1. The van der Waals surface area contributed by atoms with E-state index < -0.39 is 28.6 Å². The lowest BCUT2D eigenvalue weighted by Gasteiger charge is -2.14. The highest BCUT2D eigenvalue weighted by atomic mass is 19.1. The summed E-state index contributed by atoms with van der Waals surface area (Å²) < 4.78 is 14.6. The molecule has 2 heterocycles. The Morgan fingerprint density at radius 1 is 1.07 bits per heavy atom. The summed E-state index contributed by atoms with van der Waals surface area (Å²) in [5.74, 6) is -1.66. The SMILES string of the molecule is Cc1cc(C)cc(NC(=O)c2c(O)c3cccnc3n(-c3ccc(F)cc3)c2=O)c1. The van der Waals surface area contributed by atoms with Crippen LogP contribution in [0.4, 0.5) is 10.1 Å². The Bertz CT molecular complexity index is 1320. The van der Waals surface area contributed by atoms with Gasteiger partial charge in [0, 0.05) is 11.9 Å². The Labute approximate surface area is 171 Å². The van der Waals surface area contributed by atoms with Gasteiger partial charge in [0.1, 0.15) is 17.1 Å². The monoisotopic (exact) mass is 403 g/mol. The highest BCUT2D eigenvalue weighted by molar-refractivity contribution is 6.09. The first-order valence-corrected chi connectivity index (χ1v) is 9.23. The normalized spacial score (nSPS) is 10.9. The topological polar surface area (TPSA) is 84.2 Å². The molecule has 7 heteroatoms. The molecule has 4 aromatic rings. The molecule has 1 amide bonds. The lowest BCUT2D eigenvalue weighted by Crippen LogP contribution is -2.29. The highest BCUT2D eigenvalue weighted by Gasteiger charge is 2.23. The third-order valence-corrected chi connectivity index (χ3v) is 4.70. The van der Waals surface area contributed by atoms with Gasteiger partial charge >= 0.3 is 0 Å². The van der Waals surface area contributed by atoms with E-state index in [1.54, 1.807) is 24.3 Å². The van der Waals surface area contributed by atoms with Crippen molar-refractivity contribution in [3.63, 3.8) is 0 Å². The van der Waals surface area contributed by atoms with E-state index in [4.69, 9.17) is 0 Å². The second-order valence-electron chi connectivity index (χ2n) is 7.05. The van der Waals surface area contributed by atoms with Gasteiger partial charge in [-0.25, -0.2) is 9.37 Å². The number of hydrogen-bond donors (Lipinski definition) is 2. The molecule has 30 heavy (non-hydrogen) atoms. The van der Waals surface area contributed by atoms with Crippen LogP contribution in [-0.2, 0) is 0 Å². The van der Waals surface area contributed by atoms with Crippen LogP contribution < -0.4 is 10.9 Å². The number of halogens is 1. The van der Waals surface area contributed by atoms with Crippen LogP contribution in [0.2, 0.25) is 0 Å². The number of aromatic nitrogens is 2. The molecular formula is C23H18FN3O3. The van der Waals surface area contributed by atoms with Crippen LogP contribution >= 0.6 is 0 Å².